The van der Waals surface area contributed by atoms with Gasteiger partial charge in [-0.05, 0) is 38.6 Å². The molecule has 0 spiro atoms. The monoisotopic (exact) mass is 211 g/mol. The Kier molecular flexibility index (Phi) is 3.97. The number of rotatable bonds is 3. The minimum Gasteiger partial charge on any atom is -0.355 e. The molecule has 86 valence electrons. The fraction of sp³-hybridized carbons (Fsp3) is 0.909. The number of carbonyl (C=O) groups excluding carboxylic acids is 1. The summed E-state index contributed by atoms with van der Waals surface area (Å²) in [5, 5.41) is 9.76. The average Bonchev–Trinajstić information content (AvgIpc) is 2.67. The molecule has 1 amide bonds. The Labute approximate surface area is 91.2 Å². The number of carbonyl (C=O) groups is 1. The van der Waals surface area contributed by atoms with Crippen molar-refractivity contribution in [3.63, 3.8) is 0 Å². The van der Waals surface area contributed by atoms with Gasteiger partial charge in [0.2, 0.25) is 5.91 Å². The molecule has 0 aromatic carbocycles. The van der Waals surface area contributed by atoms with Crippen LogP contribution in [-0.4, -0.2) is 37.6 Å². The molecular formula is C11H21N3O. The van der Waals surface area contributed by atoms with Crippen LogP contribution in [0.4, 0.5) is 0 Å². The van der Waals surface area contributed by atoms with Gasteiger partial charge in [-0.1, -0.05) is 0 Å². The summed E-state index contributed by atoms with van der Waals surface area (Å²) < 4.78 is 0. The van der Waals surface area contributed by atoms with Crippen LogP contribution in [0, 0.1) is 0 Å². The van der Waals surface area contributed by atoms with Crippen molar-refractivity contribution < 1.29 is 4.79 Å². The molecule has 2 aliphatic rings. The van der Waals surface area contributed by atoms with Crippen LogP contribution in [0.3, 0.4) is 0 Å². The molecule has 2 atom stereocenters. The minimum absolute atomic E-state index is 0.0369. The molecule has 0 aromatic rings. The van der Waals surface area contributed by atoms with E-state index in [4.69, 9.17) is 0 Å². The molecule has 2 aliphatic heterocycles. The van der Waals surface area contributed by atoms with E-state index in [1.54, 1.807) is 0 Å². The first-order chi connectivity index (χ1) is 7.36. The maximum atomic E-state index is 11.6. The van der Waals surface area contributed by atoms with Crippen molar-refractivity contribution in [1.29, 1.82) is 0 Å². The molecule has 2 unspecified atom stereocenters. The number of nitrogens with one attached hydrogen (secondary N) is 3. The zero-order valence-electron chi connectivity index (χ0n) is 9.22. The van der Waals surface area contributed by atoms with Crippen molar-refractivity contribution in [2.45, 2.75) is 44.2 Å². The lowest BCUT2D eigenvalue weighted by molar-refractivity contribution is -0.122. The van der Waals surface area contributed by atoms with E-state index in [-0.39, 0.29) is 11.9 Å². The van der Waals surface area contributed by atoms with Crippen molar-refractivity contribution in [2.75, 3.05) is 19.6 Å². The Balaban J connectivity index is 1.73. The Hall–Kier alpha value is -0.610. The SMILES string of the molecule is O=C1NCCCCC1NCC1CCCN1. The lowest BCUT2D eigenvalue weighted by Crippen LogP contribution is -2.46. The third-order valence-electron chi connectivity index (χ3n) is 3.31. The molecule has 2 fully saturated rings. The molecule has 4 heteroatoms. The Morgan fingerprint density at radius 2 is 2.13 bits per heavy atom. The van der Waals surface area contributed by atoms with Crippen LogP contribution >= 0.6 is 0 Å². The molecule has 3 N–H and O–H groups in total. The Bertz CT molecular complexity index is 214. The van der Waals surface area contributed by atoms with Gasteiger partial charge in [-0.3, -0.25) is 4.79 Å². The zero-order chi connectivity index (χ0) is 10.5. The predicted molar refractivity (Wildman–Crippen MR) is 59.7 cm³/mol. The van der Waals surface area contributed by atoms with Crippen LogP contribution in [0.5, 0.6) is 0 Å². The van der Waals surface area contributed by atoms with Gasteiger partial charge in [-0.15, -0.1) is 0 Å². The zero-order valence-corrected chi connectivity index (χ0v) is 9.22. The number of hydrogen-bond donors (Lipinski definition) is 3. The third kappa shape index (κ3) is 3.18. The van der Waals surface area contributed by atoms with E-state index in [9.17, 15) is 4.79 Å². The maximum Gasteiger partial charge on any atom is 0.237 e. The molecule has 0 bridgehead atoms. The highest BCUT2D eigenvalue weighted by Crippen LogP contribution is 2.07. The summed E-state index contributed by atoms with van der Waals surface area (Å²) in [4.78, 5) is 11.6. The lowest BCUT2D eigenvalue weighted by atomic mass is 10.1. The van der Waals surface area contributed by atoms with E-state index in [2.05, 4.69) is 16.0 Å². The van der Waals surface area contributed by atoms with Crippen LogP contribution in [0.15, 0.2) is 0 Å². The van der Waals surface area contributed by atoms with Gasteiger partial charge < -0.3 is 16.0 Å². The standard InChI is InChI=1S/C11H21N3O/c15-11-10(5-1-2-6-13-11)14-8-9-4-3-7-12-9/h9-10,12,14H,1-8H2,(H,13,15). The second-order valence-electron chi connectivity index (χ2n) is 4.54. The highest BCUT2D eigenvalue weighted by molar-refractivity contribution is 5.81. The van der Waals surface area contributed by atoms with Crippen LogP contribution in [0.1, 0.15) is 32.1 Å². The van der Waals surface area contributed by atoms with Crippen molar-refractivity contribution in [1.82, 2.24) is 16.0 Å². The second kappa shape index (κ2) is 5.47. The highest BCUT2D eigenvalue weighted by atomic mass is 16.2. The summed E-state index contributed by atoms with van der Waals surface area (Å²) in [5.41, 5.74) is 0. The molecule has 2 rings (SSSR count). The summed E-state index contributed by atoms with van der Waals surface area (Å²) >= 11 is 0. The Morgan fingerprint density at radius 1 is 1.20 bits per heavy atom. The Morgan fingerprint density at radius 3 is 2.93 bits per heavy atom. The molecule has 0 aromatic heterocycles. The minimum atomic E-state index is 0.0369. The van der Waals surface area contributed by atoms with Gasteiger partial charge in [-0.25, -0.2) is 0 Å². The van der Waals surface area contributed by atoms with E-state index >= 15 is 0 Å². The van der Waals surface area contributed by atoms with E-state index in [1.807, 2.05) is 0 Å². The smallest absolute Gasteiger partial charge is 0.237 e. The summed E-state index contributed by atoms with van der Waals surface area (Å²) in [7, 11) is 0. The van der Waals surface area contributed by atoms with E-state index in [1.165, 1.54) is 12.8 Å². The van der Waals surface area contributed by atoms with E-state index in [0.717, 1.165) is 38.9 Å². The summed E-state index contributed by atoms with van der Waals surface area (Å²) in [5.74, 6) is 0.186. The molecular weight excluding hydrogens is 190 g/mol. The van der Waals surface area contributed by atoms with Crippen molar-refractivity contribution >= 4 is 5.91 Å². The van der Waals surface area contributed by atoms with Gasteiger partial charge >= 0.3 is 0 Å². The van der Waals surface area contributed by atoms with Gasteiger partial charge in [0, 0.05) is 19.1 Å². The highest BCUT2D eigenvalue weighted by Gasteiger charge is 2.22. The van der Waals surface area contributed by atoms with Gasteiger partial charge in [0.1, 0.15) is 0 Å². The number of hydrogen-bond acceptors (Lipinski definition) is 3. The average molecular weight is 211 g/mol. The molecule has 4 nitrogen and oxygen atoms in total. The maximum absolute atomic E-state index is 11.6. The van der Waals surface area contributed by atoms with Crippen LogP contribution < -0.4 is 16.0 Å². The first-order valence-electron chi connectivity index (χ1n) is 6.11. The van der Waals surface area contributed by atoms with Crippen LogP contribution in [0.25, 0.3) is 0 Å². The topological polar surface area (TPSA) is 53.2 Å². The third-order valence-corrected chi connectivity index (χ3v) is 3.31. The largest absolute Gasteiger partial charge is 0.355 e. The van der Waals surface area contributed by atoms with E-state index < -0.39 is 0 Å². The van der Waals surface area contributed by atoms with Crippen molar-refractivity contribution in [2.24, 2.45) is 0 Å². The molecule has 2 saturated heterocycles. The van der Waals surface area contributed by atoms with Gasteiger partial charge in [-0.2, -0.15) is 0 Å². The first-order valence-corrected chi connectivity index (χ1v) is 6.11. The van der Waals surface area contributed by atoms with Crippen molar-refractivity contribution in [3.05, 3.63) is 0 Å². The van der Waals surface area contributed by atoms with Gasteiger partial charge in [0.05, 0.1) is 6.04 Å². The van der Waals surface area contributed by atoms with Crippen molar-refractivity contribution in [3.8, 4) is 0 Å². The molecule has 0 aliphatic carbocycles. The second-order valence-corrected chi connectivity index (χ2v) is 4.54. The molecule has 0 radical (unpaired) electrons. The quantitative estimate of drug-likeness (QED) is 0.616. The van der Waals surface area contributed by atoms with Gasteiger partial charge in [0.15, 0.2) is 0 Å². The molecule has 2 heterocycles. The lowest BCUT2D eigenvalue weighted by Gasteiger charge is -2.18. The van der Waals surface area contributed by atoms with Gasteiger partial charge in [0.25, 0.3) is 0 Å². The van der Waals surface area contributed by atoms with Crippen LogP contribution in [0.2, 0.25) is 0 Å². The van der Waals surface area contributed by atoms with E-state index in [0.29, 0.717) is 6.04 Å². The molecule has 15 heavy (non-hydrogen) atoms. The summed E-state index contributed by atoms with van der Waals surface area (Å²) in [6.45, 7) is 2.90. The normalized spacial score (nSPS) is 32.4. The number of amides is 1. The fourth-order valence-corrected chi connectivity index (χ4v) is 2.35. The summed E-state index contributed by atoms with van der Waals surface area (Å²) in [6.07, 6.45) is 5.75. The summed E-state index contributed by atoms with van der Waals surface area (Å²) in [6, 6.07) is 0.607. The first kappa shape index (κ1) is 10.9. The van der Waals surface area contributed by atoms with Crippen LogP contribution in [-0.2, 0) is 4.79 Å². The molecule has 0 saturated carbocycles. The predicted octanol–water partition coefficient (Wildman–Crippen LogP) is -0.00330. The fourth-order valence-electron chi connectivity index (χ4n) is 2.35.